The van der Waals surface area contributed by atoms with Gasteiger partial charge in [-0.15, -0.1) is 0 Å². The summed E-state index contributed by atoms with van der Waals surface area (Å²) in [6.07, 6.45) is 1.78. The number of carboxylic acids is 1. The first-order chi connectivity index (χ1) is 8.64. The van der Waals surface area contributed by atoms with Gasteiger partial charge in [0.25, 0.3) is 0 Å². The van der Waals surface area contributed by atoms with Gasteiger partial charge in [-0.2, -0.15) is 0 Å². The molecule has 1 aromatic rings. The fraction of sp³-hybridized carbons (Fsp3) is 0.500. The molecule has 1 atom stereocenters. The van der Waals surface area contributed by atoms with Crippen LogP contribution in [0.4, 0.5) is 0 Å². The number of ether oxygens (including phenoxy) is 1. The van der Waals surface area contributed by atoms with Crippen LogP contribution in [-0.4, -0.2) is 24.2 Å². The lowest BCUT2D eigenvalue weighted by molar-refractivity contribution is -0.149. The third-order valence-corrected chi connectivity index (χ3v) is 3.33. The highest BCUT2D eigenvalue weighted by atomic mass is 16.5. The number of para-hydroxylation sites is 1. The van der Waals surface area contributed by atoms with Crippen LogP contribution in [0.25, 0.3) is 0 Å². The number of rotatable bonds is 8. The Kier molecular flexibility index (Phi) is 5.65. The number of aliphatic carboxylic acids is 1. The average molecular weight is 251 g/mol. The second-order valence-electron chi connectivity index (χ2n) is 4.41. The normalized spacial score (nSPS) is 13.9. The molecule has 0 aromatic heterocycles. The van der Waals surface area contributed by atoms with E-state index in [-0.39, 0.29) is 6.54 Å². The molecule has 0 fully saturated rings. The second-order valence-corrected chi connectivity index (χ2v) is 4.41. The van der Waals surface area contributed by atoms with E-state index in [0.717, 1.165) is 5.75 Å². The minimum Gasteiger partial charge on any atom is -0.494 e. The summed E-state index contributed by atoms with van der Waals surface area (Å²) in [4.78, 5) is 11.2. The summed E-state index contributed by atoms with van der Waals surface area (Å²) in [7, 11) is 0. The molecular formula is C14H21NO3. The predicted molar refractivity (Wildman–Crippen MR) is 70.6 cm³/mol. The molecule has 0 aliphatic rings. The van der Waals surface area contributed by atoms with Crippen LogP contribution in [0.5, 0.6) is 5.75 Å². The van der Waals surface area contributed by atoms with Gasteiger partial charge in [0, 0.05) is 6.54 Å². The summed E-state index contributed by atoms with van der Waals surface area (Å²) in [5.41, 5.74) is 4.79. The molecule has 0 saturated carbocycles. The van der Waals surface area contributed by atoms with Crippen LogP contribution in [0.1, 0.15) is 26.2 Å². The van der Waals surface area contributed by atoms with Crippen molar-refractivity contribution in [3.05, 3.63) is 30.3 Å². The van der Waals surface area contributed by atoms with Crippen LogP contribution in [0.2, 0.25) is 0 Å². The van der Waals surface area contributed by atoms with E-state index >= 15 is 0 Å². The Morgan fingerprint density at radius 3 is 2.56 bits per heavy atom. The van der Waals surface area contributed by atoms with Crippen LogP contribution < -0.4 is 10.5 Å². The van der Waals surface area contributed by atoms with Gasteiger partial charge in [-0.05, 0) is 31.4 Å². The molecule has 0 saturated heterocycles. The van der Waals surface area contributed by atoms with Gasteiger partial charge in [0.15, 0.2) is 0 Å². The van der Waals surface area contributed by atoms with Gasteiger partial charge >= 0.3 is 5.97 Å². The Hall–Kier alpha value is -1.55. The summed E-state index contributed by atoms with van der Waals surface area (Å²) in [5, 5.41) is 9.22. The van der Waals surface area contributed by atoms with Crippen molar-refractivity contribution < 1.29 is 14.6 Å². The first-order valence-corrected chi connectivity index (χ1v) is 6.26. The number of hydrogen-bond donors (Lipinski definition) is 2. The minimum atomic E-state index is -0.813. The van der Waals surface area contributed by atoms with Gasteiger partial charge < -0.3 is 15.6 Å². The number of nitrogens with two attached hydrogens (primary N) is 1. The van der Waals surface area contributed by atoms with Crippen molar-refractivity contribution in [2.45, 2.75) is 26.2 Å². The van der Waals surface area contributed by atoms with Crippen molar-refractivity contribution in [1.29, 1.82) is 0 Å². The third kappa shape index (κ3) is 3.74. The van der Waals surface area contributed by atoms with Crippen molar-refractivity contribution in [1.82, 2.24) is 0 Å². The highest BCUT2D eigenvalue weighted by molar-refractivity contribution is 5.74. The fourth-order valence-electron chi connectivity index (χ4n) is 1.89. The molecule has 0 radical (unpaired) electrons. The van der Waals surface area contributed by atoms with Gasteiger partial charge in [0.2, 0.25) is 0 Å². The molecule has 1 unspecified atom stereocenters. The second kappa shape index (κ2) is 7.01. The molecule has 100 valence electrons. The summed E-state index contributed by atoms with van der Waals surface area (Å²) in [6.45, 7) is 2.54. The molecular weight excluding hydrogens is 230 g/mol. The largest absolute Gasteiger partial charge is 0.494 e. The summed E-state index contributed by atoms with van der Waals surface area (Å²) >= 11 is 0. The highest BCUT2D eigenvalue weighted by Gasteiger charge is 2.34. The fourth-order valence-corrected chi connectivity index (χ4v) is 1.89. The maximum atomic E-state index is 11.2. The molecule has 18 heavy (non-hydrogen) atoms. The lowest BCUT2D eigenvalue weighted by Crippen LogP contribution is -2.38. The number of carboxylic acid groups (broad SMARTS) is 1. The van der Waals surface area contributed by atoms with Crippen molar-refractivity contribution in [2.75, 3.05) is 13.2 Å². The van der Waals surface area contributed by atoms with Crippen LogP contribution in [0.15, 0.2) is 30.3 Å². The monoisotopic (exact) mass is 251 g/mol. The third-order valence-electron chi connectivity index (χ3n) is 3.33. The van der Waals surface area contributed by atoms with Gasteiger partial charge in [0.05, 0.1) is 12.0 Å². The molecule has 4 heteroatoms. The summed E-state index contributed by atoms with van der Waals surface area (Å²) < 4.78 is 5.54. The average Bonchev–Trinajstić information content (AvgIpc) is 2.40. The molecule has 1 aromatic carbocycles. The van der Waals surface area contributed by atoms with Crippen molar-refractivity contribution in [3.63, 3.8) is 0 Å². The molecule has 0 spiro atoms. The van der Waals surface area contributed by atoms with Crippen LogP contribution in [0.3, 0.4) is 0 Å². The van der Waals surface area contributed by atoms with E-state index in [1.807, 2.05) is 37.3 Å². The zero-order valence-electron chi connectivity index (χ0n) is 10.8. The van der Waals surface area contributed by atoms with Crippen LogP contribution in [0, 0.1) is 5.41 Å². The topological polar surface area (TPSA) is 72.5 Å². The Labute approximate surface area is 108 Å². The first-order valence-electron chi connectivity index (χ1n) is 6.26. The van der Waals surface area contributed by atoms with E-state index in [1.165, 1.54) is 0 Å². The molecule has 0 heterocycles. The predicted octanol–water partition coefficient (Wildman–Crippen LogP) is 2.29. The van der Waals surface area contributed by atoms with Gasteiger partial charge in [-0.1, -0.05) is 25.1 Å². The van der Waals surface area contributed by atoms with Crippen LogP contribution in [-0.2, 0) is 4.79 Å². The van der Waals surface area contributed by atoms with E-state index in [4.69, 9.17) is 10.5 Å². The van der Waals surface area contributed by atoms with E-state index in [2.05, 4.69) is 0 Å². The minimum absolute atomic E-state index is 0.171. The van der Waals surface area contributed by atoms with Gasteiger partial charge in [0.1, 0.15) is 5.75 Å². The Balaban J connectivity index is 2.38. The van der Waals surface area contributed by atoms with Crippen molar-refractivity contribution in [3.8, 4) is 5.75 Å². The molecule has 3 N–H and O–H groups in total. The van der Waals surface area contributed by atoms with E-state index < -0.39 is 11.4 Å². The van der Waals surface area contributed by atoms with Crippen molar-refractivity contribution in [2.24, 2.45) is 11.1 Å². The van der Waals surface area contributed by atoms with Gasteiger partial charge in [-0.3, -0.25) is 4.79 Å². The number of carbonyl (C=O) groups is 1. The summed E-state index contributed by atoms with van der Waals surface area (Å²) in [5.74, 6) is -0.00474. The zero-order valence-corrected chi connectivity index (χ0v) is 10.8. The lowest BCUT2D eigenvalue weighted by Gasteiger charge is -2.26. The van der Waals surface area contributed by atoms with Crippen LogP contribution >= 0.6 is 0 Å². The van der Waals surface area contributed by atoms with Crippen molar-refractivity contribution >= 4 is 5.97 Å². The van der Waals surface area contributed by atoms with E-state index in [9.17, 15) is 9.90 Å². The zero-order chi connectivity index (χ0) is 13.4. The first kappa shape index (κ1) is 14.5. The molecule has 0 aliphatic carbocycles. The number of hydrogen-bond acceptors (Lipinski definition) is 3. The lowest BCUT2D eigenvalue weighted by atomic mass is 9.81. The molecule has 0 amide bonds. The maximum absolute atomic E-state index is 11.2. The van der Waals surface area contributed by atoms with E-state index in [1.54, 1.807) is 0 Å². The standard InChI is InChI=1S/C14H21NO3/c1-2-14(11-15,13(16)17)9-6-10-18-12-7-4-3-5-8-12/h3-5,7-8H,2,6,9-11,15H2,1H3,(H,16,17). The smallest absolute Gasteiger partial charge is 0.310 e. The molecule has 4 nitrogen and oxygen atoms in total. The highest BCUT2D eigenvalue weighted by Crippen LogP contribution is 2.27. The molecule has 0 bridgehead atoms. The van der Waals surface area contributed by atoms with Gasteiger partial charge in [-0.25, -0.2) is 0 Å². The molecule has 0 aliphatic heterocycles. The Bertz CT molecular complexity index is 361. The Morgan fingerprint density at radius 2 is 2.06 bits per heavy atom. The number of benzene rings is 1. The molecule has 1 rings (SSSR count). The summed E-state index contributed by atoms with van der Waals surface area (Å²) in [6, 6.07) is 9.50. The quantitative estimate of drug-likeness (QED) is 0.695. The Morgan fingerprint density at radius 1 is 1.39 bits per heavy atom. The van der Waals surface area contributed by atoms with E-state index in [0.29, 0.717) is 25.9 Å². The maximum Gasteiger partial charge on any atom is 0.310 e. The SMILES string of the molecule is CCC(CN)(CCCOc1ccccc1)C(=O)O.